The molecule has 6 saturated heterocycles. The number of carbonyl (C=O) groups is 4. The lowest BCUT2D eigenvalue weighted by molar-refractivity contribution is -0.393. The van der Waals surface area contributed by atoms with Crippen LogP contribution in [0.4, 0.5) is 0 Å². The van der Waals surface area contributed by atoms with Crippen LogP contribution in [0.25, 0.3) is 6.08 Å². The Labute approximate surface area is 657 Å². The second-order valence-electron chi connectivity index (χ2n) is 34.4. The summed E-state index contributed by atoms with van der Waals surface area (Å²) >= 11 is 0. The van der Waals surface area contributed by atoms with Crippen molar-refractivity contribution >= 4 is 30.0 Å². The third kappa shape index (κ3) is 16.0. The zero-order valence-corrected chi connectivity index (χ0v) is 64.9. The van der Waals surface area contributed by atoms with Crippen LogP contribution in [0, 0.1) is 50.2 Å². The van der Waals surface area contributed by atoms with Crippen molar-refractivity contribution in [1.29, 1.82) is 0 Å². The second kappa shape index (κ2) is 34.4. The molecule has 39 unspecified atom stereocenters. The van der Waals surface area contributed by atoms with E-state index in [4.69, 9.17) is 71.1 Å². The molecular formula is C77H114O37. The molecular weight excluding hydrogens is 1520 g/mol. The number of carboxylic acids is 1. The van der Waals surface area contributed by atoms with E-state index in [0.717, 1.165) is 18.6 Å². The van der Waals surface area contributed by atoms with Crippen molar-refractivity contribution in [3.8, 4) is 5.75 Å². The van der Waals surface area contributed by atoms with E-state index in [1.165, 1.54) is 34.0 Å². The number of esters is 3. The molecule has 37 heteroatoms. The first kappa shape index (κ1) is 88.5. The van der Waals surface area contributed by atoms with E-state index >= 15 is 4.79 Å². The smallest absolute Gasteiger partial charge is 0.331 e. The van der Waals surface area contributed by atoms with Crippen LogP contribution in [0.2, 0.25) is 0 Å². The Morgan fingerprint density at radius 1 is 0.544 bits per heavy atom. The van der Waals surface area contributed by atoms with Crippen molar-refractivity contribution < 1.29 is 182 Å². The third-order valence-electron chi connectivity index (χ3n) is 27.2. The normalized spacial score (nSPS) is 48.8. The predicted octanol–water partition coefficient (Wildman–Crippen LogP) is -3.84. The summed E-state index contributed by atoms with van der Waals surface area (Å²) in [5.74, 6) is -5.50. The lowest BCUT2D eigenvalue weighted by Gasteiger charge is -2.71. The first-order valence-corrected chi connectivity index (χ1v) is 39.0. The minimum Gasteiger partial charge on any atom is -0.497 e. The molecule has 6 heterocycles. The summed E-state index contributed by atoms with van der Waals surface area (Å²) in [4.78, 5) is 57.0. The van der Waals surface area contributed by atoms with Gasteiger partial charge in [0.2, 0.25) is 6.29 Å². The monoisotopic (exact) mass is 1630 g/mol. The van der Waals surface area contributed by atoms with E-state index in [1.54, 1.807) is 24.3 Å². The molecule has 18 N–H and O–H groups in total. The van der Waals surface area contributed by atoms with Gasteiger partial charge in [-0.3, -0.25) is 14.4 Å². The van der Waals surface area contributed by atoms with Gasteiger partial charge in [-0.25, -0.2) is 4.79 Å². The Balaban J connectivity index is 0.871. The number of allylic oxidation sites excluding steroid dienone is 1. The molecule has 12 rings (SSSR count). The van der Waals surface area contributed by atoms with Gasteiger partial charge >= 0.3 is 23.9 Å². The van der Waals surface area contributed by atoms with Crippen molar-refractivity contribution in [3.05, 3.63) is 47.6 Å². The maximum atomic E-state index is 16.5. The van der Waals surface area contributed by atoms with Crippen LogP contribution in [0.15, 0.2) is 42.0 Å². The molecule has 4 saturated carbocycles. The molecule has 644 valence electrons. The number of rotatable bonds is 22. The molecule has 10 fully saturated rings. The highest BCUT2D eigenvalue weighted by atomic mass is 16.8. The van der Waals surface area contributed by atoms with Crippen LogP contribution in [-0.4, -0.2) is 346 Å². The highest BCUT2D eigenvalue weighted by Gasteiger charge is 2.74. The minimum absolute atomic E-state index is 0.0461. The fourth-order valence-electron chi connectivity index (χ4n) is 20.7. The van der Waals surface area contributed by atoms with E-state index in [2.05, 4.69) is 6.92 Å². The zero-order chi connectivity index (χ0) is 83.1. The number of carboxylic acid groups (broad SMARTS) is 1. The number of aliphatic hydroxyl groups is 17. The van der Waals surface area contributed by atoms with Crippen LogP contribution in [-0.2, 0) is 85.5 Å². The average molecular weight is 1630 g/mol. The summed E-state index contributed by atoms with van der Waals surface area (Å²) in [5, 5.41) is 202. The number of aliphatic hydroxyl groups excluding tert-OH is 17. The van der Waals surface area contributed by atoms with Crippen molar-refractivity contribution in [3.63, 3.8) is 0 Å². The lowest BCUT2D eigenvalue weighted by Crippen LogP contribution is -2.71. The number of carbonyl (C=O) groups excluding carboxylic acids is 3. The van der Waals surface area contributed by atoms with Gasteiger partial charge in [0.05, 0.1) is 62.7 Å². The van der Waals surface area contributed by atoms with Gasteiger partial charge in [0, 0.05) is 18.4 Å². The number of benzene rings is 1. The molecule has 1 aromatic rings. The number of hydrogen-bond acceptors (Lipinski definition) is 36. The topological polar surface area (TPSA) is 571 Å². The summed E-state index contributed by atoms with van der Waals surface area (Å²) in [6, 6.07) is 6.55. The van der Waals surface area contributed by atoms with Crippen molar-refractivity contribution in [2.75, 3.05) is 40.1 Å². The predicted molar refractivity (Wildman–Crippen MR) is 379 cm³/mol. The van der Waals surface area contributed by atoms with Gasteiger partial charge < -0.3 is 163 Å². The summed E-state index contributed by atoms with van der Waals surface area (Å²) in [6.45, 7) is 10.0. The largest absolute Gasteiger partial charge is 0.497 e. The van der Waals surface area contributed by atoms with Crippen LogP contribution >= 0.6 is 0 Å². The highest BCUT2D eigenvalue weighted by Crippen LogP contribution is 2.76. The molecule has 0 amide bonds. The molecule has 0 spiro atoms. The fraction of sp³-hybridized carbons (Fsp3) is 0.818. The summed E-state index contributed by atoms with van der Waals surface area (Å²) < 4.78 is 90.6. The van der Waals surface area contributed by atoms with Crippen LogP contribution in [0.1, 0.15) is 119 Å². The molecule has 11 aliphatic rings. The van der Waals surface area contributed by atoms with Gasteiger partial charge in [0.1, 0.15) is 134 Å². The van der Waals surface area contributed by atoms with E-state index in [-0.39, 0.29) is 38.5 Å². The van der Waals surface area contributed by atoms with Crippen LogP contribution < -0.4 is 4.74 Å². The quantitative estimate of drug-likeness (QED) is 0.0174. The van der Waals surface area contributed by atoms with E-state index in [1.807, 2.05) is 26.8 Å². The van der Waals surface area contributed by atoms with Gasteiger partial charge in [-0.05, 0) is 136 Å². The number of aliphatic carboxylic acids is 1. The van der Waals surface area contributed by atoms with Gasteiger partial charge in [-0.15, -0.1) is 0 Å². The summed E-state index contributed by atoms with van der Waals surface area (Å²) in [5.41, 5.74) is -5.64. The Morgan fingerprint density at radius 3 is 1.68 bits per heavy atom. The second-order valence-corrected chi connectivity index (χ2v) is 34.4. The summed E-state index contributed by atoms with van der Waals surface area (Å²) in [6.07, 6.45) is -50.1. The zero-order valence-electron chi connectivity index (χ0n) is 64.9. The van der Waals surface area contributed by atoms with Gasteiger partial charge in [-0.2, -0.15) is 0 Å². The molecule has 6 aliphatic heterocycles. The first-order chi connectivity index (χ1) is 53.7. The number of ether oxygens (including phenoxy) is 15. The molecule has 1 aromatic carbocycles. The van der Waals surface area contributed by atoms with Crippen molar-refractivity contribution in [1.82, 2.24) is 0 Å². The molecule has 114 heavy (non-hydrogen) atoms. The third-order valence-corrected chi connectivity index (χ3v) is 27.2. The molecule has 0 aromatic heterocycles. The van der Waals surface area contributed by atoms with Gasteiger partial charge in [-0.1, -0.05) is 51.5 Å². The maximum Gasteiger partial charge on any atom is 0.331 e. The van der Waals surface area contributed by atoms with Crippen molar-refractivity contribution in [2.45, 2.75) is 304 Å². The summed E-state index contributed by atoms with van der Waals surface area (Å²) in [7, 11) is 1.47. The molecule has 37 nitrogen and oxygen atoms in total. The standard InChI is InChI=1S/C77H114O37/c1-31-59(110-64-54(92)49(87)42(29-102-64)107-66-55(93)50(88)46(84)39(26-78)105-66)53(91)58(96)65(103-31)112-62-61(111-67-56(94)52(90)48(86)41(108-67)28-101-33(3)81)60(109-45(83)17-12-34-10-13-35(100-9)14-11-34)32(2)104-69(62)114-71(99)76-21-20-72(4,5)24-37(76)36-15-16-43-73(6)25-38(82)63(113-68-57(95)51(89)47(85)40(27-79)106-68)75(8,70(97)98)44(73)18-19-74(43,7)77(36,30-80)23-22-76/h10-15,17,31-32,37-44,46-69,78-80,82,84-96H,16,18-30H2,1-9H3,(H,97,98). The fourth-order valence-corrected chi connectivity index (χ4v) is 20.7. The van der Waals surface area contributed by atoms with E-state index < -0.39 is 297 Å². The van der Waals surface area contributed by atoms with Crippen LogP contribution in [0.3, 0.4) is 0 Å². The highest BCUT2D eigenvalue weighted by molar-refractivity contribution is 5.87. The Hall–Kier alpha value is -4.74. The molecule has 5 aliphatic carbocycles. The number of hydrogen-bond donors (Lipinski definition) is 18. The van der Waals surface area contributed by atoms with Crippen LogP contribution in [0.5, 0.6) is 5.75 Å². The lowest BCUT2D eigenvalue weighted by atomic mass is 9.33. The van der Waals surface area contributed by atoms with Crippen molar-refractivity contribution in [2.24, 2.45) is 50.2 Å². The molecule has 0 bridgehead atoms. The maximum absolute atomic E-state index is 16.5. The minimum atomic E-state index is -2.24. The van der Waals surface area contributed by atoms with E-state index in [0.29, 0.717) is 30.6 Å². The average Bonchev–Trinajstić information content (AvgIpc) is 0.667. The Kier molecular flexibility index (Phi) is 26.7. The molecule has 0 radical (unpaired) electrons. The Bertz CT molecular complexity index is 3570. The van der Waals surface area contributed by atoms with Gasteiger partial charge in [0.25, 0.3) is 0 Å². The van der Waals surface area contributed by atoms with E-state index in [9.17, 15) is 106 Å². The number of methoxy groups -OCH3 is 1. The SMILES string of the molecule is COc1ccc(C=CC(=O)OC2C(C)OC(OC(=O)C34CCC(C)(C)CC3C3=CCC5C6(C)CC(O)C(OC7OC(CO)C(O)C(O)C7O)C(C)(C(=O)O)C6CCC5(C)C3(CO)CC4)C(OC3OC(C)C(OC4OCC(OC5OC(CO)C(O)C(O)C5O)C(O)C4O)C(O)C3O)C2OC2OC(COC(C)=O)C(O)C(O)C2O)cc1. The first-order valence-electron chi connectivity index (χ1n) is 39.0. The van der Waals surface area contributed by atoms with Gasteiger partial charge in [0.15, 0.2) is 43.7 Å². The Morgan fingerprint density at radius 2 is 1.08 bits per heavy atom. The molecule has 39 atom stereocenters. The number of fused-ring (bicyclic) bond motifs is 7.